The van der Waals surface area contributed by atoms with E-state index in [1.807, 2.05) is 13.1 Å². The minimum Gasteiger partial charge on any atom is -0.368 e. The van der Waals surface area contributed by atoms with E-state index in [9.17, 15) is 4.79 Å². The van der Waals surface area contributed by atoms with Crippen LogP contribution in [0, 0.1) is 5.92 Å². The second-order valence-corrected chi connectivity index (χ2v) is 6.19. The largest absolute Gasteiger partial charge is 0.368 e. The molecule has 1 aliphatic carbocycles. The van der Waals surface area contributed by atoms with Crippen molar-refractivity contribution in [2.75, 3.05) is 13.2 Å². The summed E-state index contributed by atoms with van der Waals surface area (Å²) >= 11 is 0. The molecule has 0 aromatic carbocycles. The van der Waals surface area contributed by atoms with E-state index in [2.05, 4.69) is 21.8 Å². The van der Waals surface area contributed by atoms with Gasteiger partial charge in [0.15, 0.2) is 0 Å². The molecule has 6 heteroatoms. The van der Waals surface area contributed by atoms with E-state index >= 15 is 0 Å². The topological polar surface area (TPSA) is 65.4 Å². The van der Waals surface area contributed by atoms with Crippen LogP contribution in [0.5, 0.6) is 0 Å². The molecule has 1 saturated heterocycles. The Balaban J connectivity index is 1.57. The molecule has 6 nitrogen and oxygen atoms in total. The molecular formula is C16H25N3O3. The zero-order valence-corrected chi connectivity index (χ0v) is 13.3. The molecular weight excluding hydrogens is 282 g/mol. The predicted octanol–water partition coefficient (Wildman–Crippen LogP) is 1.66. The van der Waals surface area contributed by atoms with E-state index in [4.69, 9.17) is 9.47 Å². The minimum atomic E-state index is -0.409. The Hall–Kier alpha value is -1.40. The SMILES string of the molecule is CCn1ccnc1[C@H]1OCC[C@@H]1NC(=O)[C@H](C)OCC1CC1. The van der Waals surface area contributed by atoms with Gasteiger partial charge in [0.2, 0.25) is 5.91 Å². The van der Waals surface area contributed by atoms with Crippen molar-refractivity contribution in [1.82, 2.24) is 14.9 Å². The number of rotatable bonds is 7. The Bertz CT molecular complexity index is 512. The van der Waals surface area contributed by atoms with Crippen molar-refractivity contribution in [3.05, 3.63) is 18.2 Å². The number of nitrogens with zero attached hydrogens (tertiary/aromatic N) is 2. The molecule has 3 rings (SSSR count). The van der Waals surface area contributed by atoms with Crippen LogP contribution in [0.2, 0.25) is 0 Å². The van der Waals surface area contributed by atoms with Crippen molar-refractivity contribution in [2.45, 2.75) is 57.9 Å². The summed E-state index contributed by atoms with van der Waals surface area (Å²) in [5.74, 6) is 1.49. The number of aryl methyl sites for hydroxylation is 1. The molecule has 1 saturated carbocycles. The van der Waals surface area contributed by atoms with Crippen LogP contribution in [-0.2, 0) is 20.8 Å². The van der Waals surface area contributed by atoms with Crippen LogP contribution in [-0.4, -0.2) is 40.8 Å². The maximum Gasteiger partial charge on any atom is 0.249 e. The molecule has 2 fully saturated rings. The first kappa shape index (κ1) is 15.5. The van der Waals surface area contributed by atoms with Gasteiger partial charge in [-0.05, 0) is 39.0 Å². The molecule has 0 spiro atoms. The van der Waals surface area contributed by atoms with E-state index in [1.54, 1.807) is 6.20 Å². The number of amides is 1. The predicted molar refractivity (Wildman–Crippen MR) is 81.3 cm³/mol. The van der Waals surface area contributed by atoms with Gasteiger partial charge in [-0.1, -0.05) is 0 Å². The van der Waals surface area contributed by atoms with Crippen molar-refractivity contribution >= 4 is 5.91 Å². The van der Waals surface area contributed by atoms with Crippen LogP contribution in [0.4, 0.5) is 0 Å². The van der Waals surface area contributed by atoms with Gasteiger partial charge in [-0.15, -0.1) is 0 Å². The maximum absolute atomic E-state index is 12.3. The molecule has 1 aromatic heterocycles. The molecule has 0 radical (unpaired) electrons. The molecule has 2 heterocycles. The number of hydrogen-bond acceptors (Lipinski definition) is 4. The van der Waals surface area contributed by atoms with Crippen LogP contribution >= 0.6 is 0 Å². The van der Waals surface area contributed by atoms with Crippen LogP contribution < -0.4 is 5.32 Å². The lowest BCUT2D eigenvalue weighted by molar-refractivity contribution is -0.133. The first-order valence-electron chi connectivity index (χ1n) is 8.23. The van der Waals surface area contributed by atoms with E-state index in [0.29, 0.717) is 19.1 Å². The summed E-state index contributed by atoms with van der Waals surface area (Å²) in [6.45, 7) is 6.07. The van der Waals surface area contributed by atoms with Crippen molar-refractivity contribution in [3.63, 3.8) is 0 Å². The Morgan fingerprint density at radius 2 is 2.36 bits per heavy atom. The van der Waals surface area contributed by atoms with Crippen molar-refractivity contribution < 1.29 is 14.3 Å². The monoisotopic (exact) mass is 307 g/mol. The highest BCUT2D eigenvalue weighted by Crippen LogP contribution is 2.30. The summed E-state index contributed by atoms with van der Waals surface area (Å²) in [5, 5.41) is 3.07. The van der Waals surface area contributed by atoms with E-state index < -0.39 is 6.10 Å². The summed E-state index contributed by atoms with van der Waals surface area (Å²) in [5.41, 5.74) is 0. The molecule has 1 aromatic rings. The molecule has 22 heavy (non-hydrogen) atoms. The highest BCUT2D eigenvalue weighted by molar-refractivity contribution is 5.80. The Morgan fingerprint density at radius 1 is 1.55 bits per heavy atom. The first-order valence-corrected chi connectivity index (χ1v) is 8.23. The van der Waals surface area contributed by atoms with Crippen LogP contribution in [0.1, 0.15) is 45.0 Å². The number of hydrogen-bond donors (Lipinski definition) is 1. The summed E-state index contributed by atoms with van der Waals surface area (Å²) in [6.07, 6.45) is 6.40. The number of carbonyl (C=O) groups is 1. The Labute approximate surface area is 131 Å². The second-order valence-electron chi connectivity index (χ2n) is 6.19. The number of aromatic nitrogens is 2. The number of nitrogens with one attached hydrogen (secondary N) is 1. The molecule has 1 aliphatic heterocycles. The standard InChI is InChI=1S/C16H25N3O3/c1-3-19-8-7-17-15(19)14-13(6-9-21-14)18-16(20)11(2)22-10-12-4-5-12/h7-8,11-14H,3-6,9-10H2,1-2H3,(H,18,20)/t11-,13-,14-/m0/s1. The lowest BCUT2D eigenvalue weighted by atomic mass is 10.1. The van der Waals surface area contributed by atoms with E-state index in [0.717, 1.165) is 18.8 Å². The maximum atomic E-state index is 12.3. The van der Waals surface area contributed by atoms with Gasteiger partial charge in [0.1, 0.15) is 18.0 Å². The summed E-state index contributed by atoms with van der Waals surface area (Å²) in [4.78, 5) is 16.7. The summed E-state index contributed by atoms with van der Waals surface area (Å²) < 4.78 is 13.5. The summed E-state index contributed by atoms with van der Waals surface area (Å²) in [6, 6.07) is -0.0350. The average molecular weight is 307 g/mol. The fraction of sp³-hybridized carbons (Fsp3) is 0.750. The molecule has 3 atom stereocenters. The fourth-order valence-electron chi connectivity index (χ4n) is 2.78. The Kier molecular flexibility index (Phi) is 4.78. The summed E-state index contributed by atoms with van der Waals surface area (Å²) in [7, 11) is 0. The smallest absolute Gasteiger partial charge is 0.249 e. The third kappa shape index (κ3) is 3.50. The van der Waals surface area contributed by atoms with Crippen LogP contribution in [0.3, 0.4) is 0 Å². The molecule has 2 aliphatic rings. The number of carbonyl (C=O) groups excluding carboxylic acids is 1. The average Bonchev–Trinajstić information content (AvgIpc) is 3.04. The number of imidazole rings is 1. The fourth-order valence-corrected chi connectivity index (χ4v) is 2.78. The van der Waals surface area contributed by atoms with Crippen molar-refractivity contribution in [3.8, 4) is 0 Å². The Morgan fingerprint density at radius 3 is 3.09 bits per heavy atom. The lowest BCUT2D eigenvalue weighted by Crippen LogP contribution is -2.43. The highest BCUT2D eigenvalue weighted by atomic mass is 16.5. The third-order valence-electron chi connectivity index (χ3n) is 4.41. The first-order chi connectivity index (χ1) is 10.7. The van der Waals surface area contributed by atoms with Gasteiger partial charge >= 0.3 is 0 Å². The second kappa shape index (κ2) is 6.79. The zero-order chi connectivity index (χ0) is 15.5. The van der Waals surface area contributed by atoms with Gasteiger partial charge in [-0.2, -0.15) is 0 Å². The quantitative estimate of drug-likeness (QED) is 0.832. The number of ether oxygens (including phenoxy) is 2. The normalized spacial score (nSPS) is 26.1. The molecule has 122 valence electrons. The van der Waals surface area contributed by atoms with Gasteiger partial charge < -0.3 is 19.4 Å². The van der Waals surface area contributed by atoms with Gasteiger partial charge in [0.05, 0.1) is 12.6 Å². The van der Waals surface area contributed by atoms with E-state index in [1.165, 1.54) is 12.8 Å². The molecule has 0 unspecified atom stereocenters. The lowest BCUT2D eigenvalue weighted by Gasteiger charge is -2.22. The van der Waals surface area contributed by atoms with Crippen LogP contribution in [0.25, 0.3) is 0 Å². The third-order valence-corrected chi connectivity index (χ3v) is 4.41. The molecule has 1 amide bonds. The van der Waals surface area contributed by atoms with Crippen molar-refractivity contribution in [2.24, 2.45) is 5.92 Å². The van der Waals surface area contributed by atoms with E-state index in [-0.39, 0.29) is 18.1 Å². The molecule has 1 N–H and O–H groups in total. The van der Waals surface area contributed by atoms with Crippen LogP contribution in [0.15, 0.2) is 12.4 Å². The van der Waals surface area contributed by atoms with Gasteiger partial charge in [0.25, 0.3) is 0 Å². The minimum absolute atomic E-state index is 0.0350. The van der Waals surface area contributed by atoms with Crippen molar-refractivity contribution in [1.29, 1.82) is 0 Å². The van der Waals surface area contributed by atoms with Gasteiger partial charge in [-0.3, -0.25) is 4.79 Å². The highest BCUT2D eigenvalue weighted by Gasteiger charge is 2.35. The van der Waals surface area contributed by atoms with Gasteiger partial charge in [-0.25, -0.2) is 4.98 Å². The molecule has 0 bridgehead atoms. The van der Waals surface area contributed by atoms with Gasteiger partial charge in [0, 0.05) is 25.5 Å². The zero-order valence-electron chi connectivity index (χ0n) is 13.3.